The van der Waals surface area contributed by atoms with Gasteiger partial charge in [-0.25, -0.2) is 9.69 Å². The minimum Gasteiger partial charge on any atom is -0.465 e. The molecule has 0 aromatic heterocycles. The number of nitrogens with zero attached hydrogens (tertiary/aromatic N) is 1. The SMILES string of the molecule is COC(=O)c1cc(N2C(=O)[C@@H]3[C@@H](C2=O)C2c4ccccc4C3(C(C)=O)c3ccccc32)ccc1Cl. The van der Waals surface area contributed by atoms with E-state index in [4.69, 9.17) is 16.3 Å². The molecule has 35 heavy (non-hydrogen) atoms. The summed E-state index contributed by atoms with van der Waals surface area (Å²) in [5, 5.41) is 0.150. The number of ketones is 1. The summed E-state index contributed by atoms with van der Waals surface area (Å²) >= 11 is 6.18. The molecule has 0 unspecified atom stereocenters. The fourth-order valence-electron chi connectivity index (χ4n) is 6.54. The molecule has 3 aliphatic carbocycles. The van der Waals surface area contributed by atoms with E-state index in [0.717, 1.165) is 27.2 Å². The monoisotopic (exact) mass is 485 g/mol. The standard InChI is InChI=1S/C28H20ClNO5/c1-14(31)28-19-9-5-3-7-16(19)22(17-8-4-6-10-20(17)28)23-24(28)26(33)30(25(23)32)15-11-12-21(29)18(13-15)27(34)35-2/h3-13,22-24H,1-2H3/t22?,23-,24-,28?/m0/s1. The van der Waals surface area contributed by atoms with Crippen molar-refractivity contribution >= 4 is 40.9 Å². The molecule has 2 atom stereocenters. The van der Waals surface area contributed by atoms with Gasteiger partial charge in [0.25, 0.3) is 0 Å². The van der Waals surface area contributed by atoms with Crippen molar-refractivity contribution in [1.82, 2.24) is 0 Å². The Balaban J connectivity index is 1.61. The van der Waals surface area contributed by atoms with Crippen molar-refractivity contribution < 1.29 is 23.9 Å². The van der Waals surface area contributed by atoms with Gasteiger partial charge in [-0.05, 0) is 47.4 Å². The van der Waals surface area contributed by atoms with E-state index in [1.807, 2.05) is 48.5 Å². The van der Waals surface area contributed by atoms with Crippen LogP contribution in [0.1, 0.15) is 45.5 Å². The summed E-state index contributed by atoms with van der Waals surface area (Å²) in [7, 11) is 1.23. The Kier molecular flexibility index (Phi) is 4.57. The van der Waals surface area contributed by atoms with Crippen molar-refractivity contribution in [2.45, 2.75) is 18.3 Å². The van der Waals surface area contributed by atoms with Gasteiger partial charge < -0.3 is 4.74 Å². The van der Waals surface area contributed by atoms with Crippen molar-refractivity contribution in [3.05, 3.63) is 99.6 Å². The van der Waals surface area contributed by atoms with Gasteiger partial charge in [-0.1, -0.05) is 60.1 Å². The maximum absolute atomic E-state index is 14.1. The van der Waals surface area contributed by atoms with Gasteiger partial charge in [-0.2, -0.15) is 0 Å². The molecule has 3 aromatic rings. The Labute approximate surface area is 206 Å². The van der Waals surface area contributed by atoms with Crippen LogP contribution in [0, 0.1) is 11.8 Å². The highest BCUT2D eigenvalue weighted by Gasteiger charge is 2.70. The van der Waals surface area contributed by atoms with E-state index < -0.39 is 35.0 Å². The number of anilines is 1. The largest absolute Gasteiger partial charge is 0.465 e. The molecule has 1 heterocycles. The number of ether oxygens (including phenoxy) is 1. The lowest BCUT2D eigenvalue weighted by Gasteiger charge is -2.52. The molecule has 0 spiro atoms. The van der Waals surface area contributed by atoms with Crippen LogP contribution in [0.3, 0.4) is 0 Å². The van der Waals surface area contributed by atoms with Gasteiger partial charge in [0.2, 0.25) is 11.8 Å². The van der Waals surface area contributed by atoms with Crippen LogP contribution in [0.25, 0.3) is 0 Å². The van der Waals surface area contributed by atoms with E-state index in [-0.39, 0.29) is 28.0 Å². The first-order chi connectivity index (χ1) is 16.8. The highest BCUT2D eigenvalue weighted by Crippen LogP contribution is 2.64. The van der Waals surface area contributed by atoms with Gasteiger partial charge in [0, 0.05) is 5.92 Å². The van der Waals surface area contributed by atoms with Crippen LogP contribution in [0.2, 0.25) is 5.02 Å². The predicted molar refractivity (Wildman–Crippen MR) is 128 cm³/mol. The zero-order chi connectivity index (χ0) is 24.6. The summed E-state index contributed by atoms with van der Waals surface area (Å²) in [6.45, 7) is 1.49. The Morgan fingerprint density at radius 1 is 0.914 bits per heavy atom. The molecule has 7 rings (SSSR count). The number of Topliss-reactive ketones (excluding diaryl/α,β-unsaturated/α-hetero) is 1. The molecule has 6 nitrogen and oxygen atoms in total. The zero-order valence-corrected chi connectivity index (χ0v) is 19.7. The van der Waals surface area contributed by atoms with Crippen LogP contribution in [0.5, 0.6) is 0 Å². The molecule has 7 heteroatoms. The average molecular weight is 486 g/mol. The normalized spacial score (nSPS) is 25.7. The summed E-state index contributed by atoms with van der Waals surface area (Å²) < 4.78 is 4.80. The minimum absolute atomic E-state index is 0.0537. The van der Waals surface area contributed by atoms with Crippen LogP contribution in [-0.4, -0.2) is 30.7 Å². The molecule has 1 aliphatic heterocycles. The first-order valence-corrected chi connectivity index (χ1v) is 11.7. The lowest BCUT2D eigenvalue weighted by Crippen LogP contribution is -2.57. The number of amides is 2. The summed E-state index contributed by atoms with van der Waals surface area (Å²) in [5.74, 6) is -3.69. The molecule has 2 amide bonds. The number of carbonyl (C=O) groups is 4. The number of methoxy groups -OCH3 is 1. The second-order valence-electron chi connectivity index (χ2n) is 9.19. The molecule has 0 N–H and O–H groups in total. The Bertz CT molecular complexity index is 1430. The molecule has 174 valence electrons. The highest BCUT2D eigenvalue weighted by molar-refractivity contribution is 6.34. The summed E-state index contributed by atoms with van der Waals surface area (Å²) in [6.07, 6.45) is 0. The second-order valence-corrected chi connectivity index (χ2v) is 9.59. The van der Waals surface area contributed by atoms with E-state index in [9.17, 15) is 19.2 Å². The van der Waals surface area contributed by atoms with Crippen molar-refractivity contribution in [2.24, 2.45) is 11.8 Å². The second kappa shape index (κ2) is 7.36. The van der Waals surface area contributed by atoms with Crippen molar-refractivity contribution in [1.29, 1.82) is 0 Å². The maximum Gasteiger partial charge on any atom is 0.339 e. The number of benzene rings is 3. The van der Waals surface area contributed by atoms with Crippen molar-refractivity contribution in [3.63, 3.8) is 0 Å². The van der Waals surface area contributed by atoms with Crippen molar-refractivity contribution in [2.75, 3.05) is 12.0 Å². The number of hydrogen-bond donors (Lipinski definition) is 0. The molecule has 4 aliphatic rings. The number of imide groups is 1. The molecular formula is C28H20ClNO5. The highest BCUT2D eigenvalue weighted by atomic mass is 35.5. The fraction of sp³-hybridized carbons (Fsp3) is 0.214. The van der Waals surface area contributed by atoms with Gasteiger partial charge in [0.05, 0.1) is 40.6 Å². The number of hydrogen-bond acceptors (Lipinski definition) is 5. The molecule has 1 saturated heterocycles. The molecule has 3 aromatic carbocycles. The van der Waals surface area contributed by atoms with Gasteiger partial charge in [-0.3, -0.25) is 14.4 Å². The molecule has 2 bridgehead atoms. The van der Waals surface area contributed by atoms with Crippen LogP contribution in [0.4, 0.5) is 5.69 Å². The van der Waals surface area contributed by atoms with E-state index in [1.165, 1.54) is 32.2 Å². The Morgan fingerprint density at radius 2 is 1.51 bits per heavy atom. The molecule has 1 fully saturated rings. The van der Waals surface area contributed by atoms with Gasteiger partial charge >= 0.3 is 5.97 Å². The molecule has 0 saturated carbocycles. The molecule has 0 radical (unpaired) electrons. The topological polar surface area (TPSA) is 80.8 Å². The van der Waals surface area contributed by atoms with Gasteiger partial charge in [-0.15, -0.1) is 0 Å². The van der Waals surface area contributed by atoms with E-state index in [1.54, 1.807) is 0 Å². The number of rotatable bonds is 3. The average Bonchev–Trinajstić information content (AvgIpc) is 3.14. The summed E-state index contributed by atoms with van der Waals surface area (Å²) in [6, 6.07) is 19.6. The van der Waals surface area contributed by atoms with Crippen molar-refractivity contribution in [3.8, 4) is 0 Å². The smallest absolute Gasteiger partial charge is 0.339 e. The first kappa shape index (κ1) is 21.7. The van der Waals surface area contributed by atoms with Crippen LogP contribution in [-0.2, 0) is 24.5 Å². The first-order valence-electron chi connectivity index (χ1n) is 11.3. The van der Waals surface area contributed by atoms with Gasteiger partial charge in [0.1, 0.15) is 5.78 Å². The lowest BCUT2D eigenvalue weighted by molar-refractivity contribution is -0.132. The van der Waals surface area contributed by atoms with E-state index in [0.29, 0.717) is 0 Å². The number of carbonyl (C=O) groups excluding carboxylic acids is 4. The quantitative estimate of drug-likeness (QED) is 0.409. The molecular weight excluding hydrogens is 466 g/mol. The Morgan fingerprint density at radius 3 is 2.09 bits per heavy atom. The third-order valence-electron chi connectivity index (χ3n) is 7.79. The van der Waals surface area contributed by atoms with E-state index in [2.05, 4.69) is 0 Å². The zero-order valence-electron chi connectivity index (χ0n) is 18.9. The Hall–Kier alpha value is -3.77. The van der Waals surface area contributed by atoms with E-state index >= 15 is 0 Å². The third kappa shape index (κ3) is 2.55. The number of esters is 1. The fourth-order valence-corrected chi connectivity index (χ4v) is 6.74. The van der Waals surface area contributed by atoms with Gasteiger partial charge in [0.15, 0.2) is 0 Å². The van der Waals surface area contributed by atoms with Crippen LogP contribution >= 0.6 is 11.6 Å². The maximum atomic E-state index is 14.1. The summed E-state index contributed by atoms with van der Waals surface area (Å²) in [5.41, 5.74) is 2.38. The van der Waals surface area contributed by atoms with Crippen LogP contribution < -0.4 is 4.90 Å². The van der Waals surface area contributed by atoms with Crippen LogP contribution in [0.15, 0.2) is 66.7 Å². The summed E-state index contributed by atoms with van der Waals surface area (Å²) in [4.78, 5) is 55.1. The predicted octanol–water partition coefficient (Wildman–Crippen LogP) is 4.27. The minimum atomic E-state index is -1.27. The number of halogens is 1. The lowest BCUT2D eigenvalue weighted by atomic mass is 9.46. The third-order valence-corrected chi connectivity index (χ3v) is 8.12.